The number of halogens is 3. The van der Waals surface area contributed by atoms with E-state index in [2.05, 4.69) is 15.3 Å². The first-order valence-corrected chi connectivity index (χ1v) is 13.1. The fourth-order valence-electron chi connectivity index (χ4n) is 4.97. The third-order valence-electron chi connectivity index (χ3n) is 6.97. The van der Waals surface area contributed by atoms with Gasteiger partial charge in [0.25, 0.3) is 5.56 Å². The molecule has 3 heterocycles. The lowest BCUT2D eigenvalue weighted by atomic mass is 9.92. The molecule has 1 fully saturated rings. The van der Waals surface area contributed by atoms with E-state index in [9.17, 15) is 22.8 Å². The summed E-state index contributed by atoms with van der Waals surface area (Å²) in [6.07, 6.45) is -3.64. The SMILES string of the molecule is Cc1nc(N[C@H](C)c2cc(N)cc(C(F)(F)F)c2)c2cc(C3CCN(C(=O)OC(C)(C)C)CC3)n(C)c(=O)c2n1. The Hall–Kier alpha value is -3.83. The van der Waals surface area contributed by atoms with Gasteiger partial charge in [0.2, 0.25) is 0 Å². The molecule has 1 atom stereocenters. The lowest BCUT2D eigenvalue weighted by Crippen LogP contribution is -2.41. The molecule has 40 heavy (non-hydrogen) atoms. The summed E-state index contributed by atoms with van der Waals surface area (Å²) >= 11 is 0. The largest absolute Gasteiger partial charge is 0.444 e. The molecule has 4 rings (SSSR count). The Labute approximate surface area is 230 Å². The fourth-order valence-corrected chi connectivity index (χ4v) is 4.97. The summed E-state index contributed by atoms with van der Waals surface area (Å²) < 4.78 is 47.2. The van der Waals surface area contributed by atoms with Gasteiger partial charge in [-0.1, -0.05) is 0 Å². The minimum absolute atomic E-state index is 0.00363. The van der Waals surface area contributed by atoms with Crippen LogP contribution >= 0.6 is 0 Å². The summed E-state index contributed by atoms with van der Waals surface area (Å²) in [5.74, 6) is 0.688. The van der Waals surface area contributed by atoms with Crippen molar-refractivity contribution in [2.24, 2.45) is 7.05 Å². The molecule has 1 amide bonds. The number of nitrogens with one attached hydrogen (secondary N) is 1. The summed E-state index contributed by atoms with van der Waals surface area (Å²) in [6, 6.07) is 4.68. The number of aromatic nitrogens is 3. The summed E-state index contributed by atoms with van der Waals surface area (Å²) in [6.45, 7) is 9.77. The molecule has 0 bridgehead atoms. The Morgan fingerprint density at radius 2 is 1.77 bits per heavy atom. The number of fused-ring (bicyclic) bond motifs is 1. The average Bonchev–Trinajstić information content (AvgIpc) is 2.84. The Morgan fingerprint density at radius 3 is 2.38 bits per heavy atom. The van der Waals surface area contributed by atoms with Gasteiger partial charge in [-0.15, -0.1) is 0 Å². The average molecular weight is 561 g/mol. The third kappa shape index (κ3) is 6.31. The van der Waals surface area contributed by atoms with Crippen molar-refractivity contribution in [3.8, 4) is 0 Å². The Balaban J connectivity index is 1.66. The molecule has 1 aliphatic heterocycles. The number of anilines is 2. The zero-order valence-corrected chi connectivity index (χ0v) is 23.5. The molecule has 0 unspecified atom stereocenters. The summed E-state index contributed by atoms with van der Waals surface area (Å²) in [5.41, 5.74) is 5.35. The van der Waals surface area contributed by atoms with Crippen molar-refractivity contribution in [1.29, 1.82) is 0 Å². The van der Waals surface area contributed by atoms with Crippen LogP contribution in [0.3, 0.4) is 0 Å². The van der Waals surface area contributed by atoms with Crippen molar-refractivity contribution in [1.82, 2.24) is 19.4 Å². The topological polar surface area (TPSA) is 115 Å². The number of hydrogen-bond donors (Lipinski definition) is 2. The highest BCUT2D eigenvalue weighted by Gasteiger charge is 2.32. The van der Waals surface area contributed by atoms with E-state index in [1.54, 1.807) is 30.4 Å². The predicted octanol–water partition coefficient (Wildman–Crippen LogP) is 5.53. The van der Waals surface area contributed by atoms with E-state index < -0.39 is 23.4 Å². The third-order valence-corrected chi connectivity index (χ3v) is 6.97. The minimum Gasteiger partial charge on any atom is -0.444 e. The first-order valence-electron chi connectivity index (χ1n) is 13.1. The summed E-state index contributed by atoms with van der Waals surface area (Å²) in [5, 5.41) is 3.65. The summed E-state index contributed by atoms with van der Waals surface area (Å²) in [4.78, 5) is 36.4. The van der Waals surface area contributed by atoms with Gasteiger partial charge in [-0.2, -0.15) is 13.2 Å². The van der Waals surface area contributed by atoms with E-state index in [0.29, 0.717) is 48.5 Å². The number of likely N-dealkylation sites (tertiary alicyclic amines) is 1. The van der Waals surface area contributed by atoms with Crippen LogP contribution in [0.25, 0.3) is 10.9 Å². The van der Waals surface area contributed by atoms with E-state index in [1.807, 2.05) is 26.8 Å². The molecule has 3 aromatic rings. The van der Waals surface area contributed by atoms with Crippen LogP contribution in [-0.4, -0.2) is 44.2 Å². The van der Waals surface area contributed by atoms with Gasteiger partial charge in [-0.25, -0.2) is 14.8 Å². The highest BCUT2D eigenvalue weighted by Crippen LogP contribution is 2.35. The molecule has 0 radical (unpaired) electrons. The molecule has 216 valence electrons. The monoisotopic (exact) mass is 560 g/mol. The number of hydrogen-bond acceptors (Lipinski definition) is 7. The number of nitrogens with two attached hydrogens (primary N) is 1. The predicted molar refractivity (Wildman–Crippen MR) is 147 cm³/mol. The molecule has 2 aromatic heterocycles. The Bertz CT molecular complexity index is 1490. The maximum Gasteiger partial charge on any atom is 0.416 e. The first kappa shape index (κ1) is 29.2. The molecule has 1 aliphatic rings. The van der Waals surface area contributed by atoms with Gasteiger partial charge in [0, 0.05) is 37.4 Å². The molecular weight excluding hydrogens is 525 g/mol. The number of ether oxygens (including phenoxy) is 1. The highest BCUT2D eigenvalue weighted by atomic mass is 19.4. The molecule has 9 nitrogen and oxygen atoms in total. The van der Waals surface area contributed by atoms with E-state index in [-0.39, 0.29) is 28.8 Å². The van der Waals surface area contributed by atoms with E-state index in [0.717, 1.165) is 17.8 Å². The lowest BCUT2D eigenvalue weighted by Gasteiger charge is -2.34. The van der Waals surface area contributed by atoms with Gasteiger partial charge >= 0.3 is 12.3 Å². The van der Waals surface area contributed by atoms with Gasteiger partial charge in [-0.3, -0.25) is 4.79 Å². The molecule has 3 N–H and O–H groups in total. The molecule has 0 spiro atoms. The van der Waals surface area contributed by atoms with Gasteiger partial charge in [-0.05, 0) is 77.3 Å². The molecule has 12 heteroatoms. The molecule has 1 aromatic carbocycles. The normalized spacial score (nSPS) is 15.8. The van der Waals surface area contributed by atoms with Gasteiger partial charge in [0.15, 0.2) is 0 Å². The van der Waals surface area contributed by atoms with Crippen LogP contribution < -0.4 is 16.6 Å². The first-order chi connectivity index (χ1) is 18.5. The maximum absolute atomic E-state index is 13.4. The van der Waals surface area contributed by atoms with Gasteiger partial charge in [0.05, 0.1) is 17.0 Å². The minimum atomic E-state index is -4.54. The van der Waals surface area contributed by atoms with E-state index in [4.69, 9.17) is 10.5 Å². The van der Waals surface area contributed by atoms with Crippen LogP contribution in [0.15, 0.2) is 29.1 Å². The number of nitrogens with zero attached hydrogens (tertiary/aromatic N) is 4. The number of rotatable bonds is 4. The van der Waals surface area contributed by atoms with Crippen LogP contribution in [-0.2, 0) is 18.0 Å². The van der Waals surface area contributed by atoms with Crippen molar-refractivity contribution in [2.75, 3.05) is 24.1 Å². The number of pyridine rings is 1. The molecule has 0 aliphatic carbocycles. The quantitative estimate of drug-likeness (QED) is 0.404. The second-order valence-corrected chi connectivity index (χ2v) is 11.3. The van der Waals surface area contributed by atoms with Crippen LogP contribution in [0.1, 0.15) is 75.1 Å². The van der Waals surface area contributed by atoms with E-state index in [1.165, 1.54) is 6.07 Å². The number of carbonyl (C=O) groups is 1. The standard InChI is InChI=1S/C28H35F3N6O3/c1-15(18-11-19(28(29,30)31)13-20(32)12-18)33-24-21-14-22(36(6)25(38)23(21)34-16(2)35-24)17-7-9-37(10-8-17)26(39)40-27(3,4)5/h11-15,17H,7-10,32H2,1-6H3,(H,33,34,35)/t15-/m1/s1. The number of alkyl halides is 3. The van der Waals surface area contributed by atoms with Crippen molar-refractivity contribution in [3.05, 3.63) is 57.3 Å². The Kier molecular flexibility index (Phi) is 7.75. The smallest absolute Gasteiger partial charge is 0.416 e. The molecule has 0 saturated carbocycles. The summed E-state index contributed by atoms with van der Waals surface area (Å²) in [7, 11) is 1.69. The van der Waals surface area contributed by atoms with Crippen LogP contribution in [0, 0.1) is 6.92 Å². The highest BCUT2D eigenvalue weighted by molar-refractivity contribution is 5.89. The van der Waals surface area contributed by atoms with E-state index >= 15 is 0 Å². The number of carbonyl (C=O) groups excluding carboxylic acids is 1. The van der Waals surface area contributed by atoms with Crippen molar-refractivity contribution in [3.63, 3.8) is 0 Å². The van der Waals surface area contributed by atoms with Gasteiger partial charge < -0.3 is 25.3 Å². The zero-order valence-electron chi connectivity index (χ0n) is 23.5. The number of benzene rings is 1. The molecular formula is C28H35F3N6O3. The zero-order chi connectivity index (χ0) is 29.6. The van der Waals surface area contributed by atoms with Crippen LogP contribution in [0.2, 0.25) is 0 Å². The van der Waals surface area contributed by atoms with Crippen molar-refractivity contribution >= 4 is 28.5 Å². The van der Waals surface area contributed by atoms with Gasteiger partial charge in [0.1, 0.15) is 22.8 Å². The fraction of sp³-hybridized carbons (Fsp3) is 0.500. The second kappa shape index (κ2) is 10.6. The van der Waals surface area contributed by atoms with Crippen molar-refractivity contribution in [2.45, 2.75) is 71.2 Å². The lowest BCUT2D eigenvalue weighted by molar-refractivity contribution is -0.137. The van der Waals surface area contributed by atoms with Crippen molar-refractivity contribution < 1.29 is 22.7 Å². The number of piperidine rings is 1. The van der Waals surface area contributed by atoms with Crippen LogP contribution in [0.4, 0.5) is 29.5 Å². The number of amides is 1. The second-order valence-electron chi connectivity index (χ2n) is 11.3. The Morgan fingerprint density at radius 1 is 1.12 bits per heavy atom. The number of aryl methyl sites for hydroxylation is 1. The maximum atomic E-state index is 13.4. The number of nitrogen functional groups attached to an aromatic ring is 1. The van der Waals surface area contributed by atoms with Crippen LogP contribution in [0.5, 0.6) is 0 Å². The molecule has 1 saturated heterocycles.